The van der Waals surface area contributed by atoms with Crippen LogP contribution >= 0.6 is 0 Å². The topological polar surface area (TPSA) is 46.8 Å². The van der Waals surface area contributed by atoms with Crippen LogP contribution in [0.3, 0.4) is 0 Å². The van der Waals surface area contributed by atoms with Crippen molar-refractivity contribution in [2.75, 3.05) is 19.0 Å². The van der Waals surface area contributed by atoms with E-state index in [1.165, 1.54) is 0 Å². The minimum atomic E-state index is 0.451. The molecule has 0 fully saturated rings. The zero-order valence-electron chi connectivity index (χ0n) is 10.9. The van der Waals surface area contributed by atoms with Crippen LogP contribution < -0.4 is 4.90 Å². The smallest absolute Gasteiger partial charge is 0.197 e. The zero-order valence-corrected chi connectivity index (χ0v) is 10.9. The molecular formula is C12H19N5. The SMILES string of the molecule is CCC(CC)n1cnc2ncc(N(C)C)nc21. The predicted octanol–water partition coefficient (Wildman–Crippen LogP) is 2.25. The minimum Gasteiger partial charge on any atom is -0.361 e. The summed E-state index contributed by atoms with van der Waals surface area (Å²) in [4.78, 5) is 15.2. The molecule has 0 radical (unpaired) electrons. The highest BCUT2D eigenvalue weighted by Gasteiger charge is 2.13. The lowest BCUT2D eigenvalue weighted by atomic mass is 10.2. The van der Waals surface area contributed by atoms with E-state index in [0.29, 0.717) is 6.04 Å². The molecule has 0 amide bonds. The Morgan fingerprint density at radius 3 is 2.53 bits per heavy atom. The lowest BCUT2D eigenvalue weighted by Crippen LogP contribution is -2.12. The second-order valence-electron chi connectivity index (χ2n) is 4.39. The van der Waals surface area contributed by atoms with Gasteiger partial charge in [0.05, 0.1) is 12.5 Å². The van der Waals surface area contributed by atoms with Gasteiger partial charge in [-0.05, 0) is 12.8 Å². The molecule has 5 heteroatoms. The van der Waals surface area contributed by atoms with Crippen molar-refractivity contribution in [3.05, 3.63) is 12.5 Å². The van der Waals surface area contributed by atoms with E-state index in [4.69, 9.17) is 0 Å². The number of anilines is 1. The Balaban J connectivity index is 2.53. The second kappa shape index (κ2) is 4.69. The monoisotopic (exact) mass is 233 g/mol. The molecule has 0 saturated heterocycles. The van der Waals surface area contributed by atoms with Crippen molar-refractivity contribution < 1.29 is 0 Å². The molecule has 2 rings (SSSR count). The molecular weight excluding hydrogens is 214 g/mol. The third-order valence-corrected chi connectivity index (χ3v) is 3.07. The van der Waals surface area contributed by atoms with E-state index in [9.17, 15) is 0 Å². The van der Waals surface area contributed by atoms with Crippen LogP contribution in [0.1, 0.15) is 32.7 Å². The average Bonchev–Trinajstić information content (AvgIpc) is 2.74. The normalized spacial score (nSPS) is 11.4. The van der Waals surface area contributed by atoms with Gasteiger partial charge in [-0.2, -0.15) is 0 Å². The average molecular weight is 233 g/mol. The molecule has 92 valence electrons. The maximum atomic E-state index is 4.62. The molecule has 0 aliphatic rings. The van der Waals surface area contributed by atoms with Crippen molar-refractivity contribution in [2.45, 2.75) is 32.7 Å². The molecule has 0 spiro atoms. The molecule has 0 aromatic carbocycles. The largest absolute Gasteiger partial charge is 0.361 e. The first-order chi connectivity index (χ1) is 8.17. The van der Waals surface area contributed by atoms with Crippen LogP contribution in [0.5, 0.6) is 0 Å². The van der Waals surface area contributed by atoms with E-state index in [0.717, 1.165) is 30.0 Å². The zero-order chi connectivity index (χ0) is 12.4. The van der Waals surface area contributed by atoms with Gasteiger partial charge in [-0.15, -0.1) is 0 Å². The molecule has 2 heterocycles. The van der Waals surface area contributed by atoms with Gasteiger partial charge in [-0.25, -0.2) is 15.0 Å². The summed E-state index contributed by atoms with van der Waals surface area (Å²) in [6.07, 6.45) is 5.76. The van der Waals surface area contributed by atoms with Gasteiger partial charge in [0.1, 0.15) is 5.82 Å². The van der Waals surface area contributed by atoms with Crippen LogP contribution in [0.4, 0.5) is 5.82 Å². The van der Waals surface area contributed by atoms with E-state index >= 15 is 0 Å². The Hall–Kier alpha value is -1.65. The summed E-state index contributed by atoms with van der Waals surface area (Å²) in [7, 11) is 3.93. The van der Waals surface area contributed by atoms with Crippen molar-refractivity contribution in [1.82, 2.24) is 19.5 Å². The van der Waals surface area contributed by atoms with Gasteiger partial charge in [0.15, 0.2) is 11.3 Å². The van der Waals surface area contributed by atoms with Crippen molar-refractivity contribution in [3.63, 3.8) is 0 Å². The van der Waals surface area contributed by atoms with Gasteiger partial charge in [-0.1, -0.05) is 13.8 Å². The van der Waals surface area contributed by atoms with Gasteiger partial charge in [0.2, 0.25) is 0 Å². The molecule has 0 unspecified atom stereocenters. The van der Waals surface area contributed by atoms with Crippen molar-refractivity contribution in [1.29, 1.82) is 0 Å². The number of nitrogens with zero attached hydrogens (tertiary/aromatic N) is 5. The second-order valence-corrected chi connectivity index (χ2v) is 4.39. The van der Waals surface area contributed by atoms with Gasteiger partial charge in [0.25, 0.3) is 0 Å². The lowest BCUT2D eigenvalue weighted by molar-refractivity contribution is 0.480. The number of aromatic nitrogens is 4. The first-order valence-electron chi connectivity index (χ1n) is 6.04. The Kier molecular flexibility index (Phi) is 3.26. The van der Waals surface area contributed by atoms with Crippen LogP contribution in [0.15, 0.2) is 12.5 Å². The van der Waals surface area contributed by atoms with Gasteiger partial charge in [-0.3, -0.25) is 0 Å². The van der Waals surface area contributed by atoms with E-state index in [2.05, 4.69) is 33.4 Å². The van der Waals surface area contributed by atoms with Crippen LogP contribution in [-0.4, -0.2) is 33.6 Å². The molecule has 2 aromatic rings. The van der Waals surface area contributed by atoms with E-state index in [1.54, 1.807) is 6.20 Å². The van der Waals surface area contributed by atoms with Gasteiger partial charge in [0, 0.05) is 20.1 Å². The maximum absolute atomic E-state index is 4.62. The quantitative estimate of drug-likeness (QED) is 0.812. The Labute approximate surface area is 102 Å². The van der Waals surface area contributed by atoms with Gasteiger partial charge < -0.3 is 9.47 Å². The number of hydrogen-bond acceptors (Lipinski definition) is 4. The summed E-state index contributed by atoms with van der Waals surface area (Å²) < 4.78 is 2.13. The third kappa shape index (κ3) is 2.09. The molecule has 0 bridgehead atoms. The van der Waals surface area contributed by atoms with E-state index in [-0.39, 0.29) is 0 Å². The number of hydrogen-bond donors (Lipinski definition) is 0. The fourth-order valence-electron chi connectivity index (χ4n) is 1.96. The number of rotatable bonds is 4. The fraction of sp³-hybridized carbons (Fsp3) is 0.583. The number of imidazole rings is 1. The van der Waals surface area contributed by atoms with Crippen LogP contribution in [0.25, 0.3) is 11.3 Å². The highest BCUT2D eigenvalue weighted by Crippen LogP contribution is 2.21. The molecule has 0 N–H and O–H groups in total. The molecule has 0 saturated carbocycles. The van der Waals surface area contributed by atoms with E-state index < -0.39 is 0 Å². The van der Waals surface area contributed by atoms with Crippen LogP contribution in [-0.2, 0) is 0 Å². The van der Waals surface area contributed by atoms with Gasteiger partial charge >= 0.3 is 0 Å². The van der Waals surface area contributed by atoms with E-state index in [1.807, 2.05) is 25.3 Å². The molecule has 0 aliphatic carbocycles. The van der Waals surface area contributed by atoms with Crippen molar-refractivity contribution in [3.8, 4) is 0 Å². The summed E-state index contributed by atoms with van der Waals surface area (Å²) in [5, 5.41) is 0. The van der Waals surface area contributed by atoms with Crippen molar-refractivity contribution >= 4 is 17.1 Å². The lowest BCUT2D eigenvalue weighted by Gasteiger charge is -2.15. The van der Waals surface area contributed by atoms with Crippen molar-refractivity contribution in [2.24, 2.45) is 0 Å². The first kappa shape index (κ1) is 11.8. The molecule has 2 aromatic heterocycles. The summed E-state index contributed by atoms with van der Waals surface area (Å²) in [6.45, 7) is 4.37. The Morgan fingerprint density at radius 2 is 1.94 bits per heavy atom. The first-order valence-corrected chi connectivity index (χ1v) is 6.04. The number of fused-ring (bicyclic) bond motifs is 1. The molecule has 0 atom stereocenters. The summed E-state index contributed by atoms with van der Waals surface area (Å²) in [5.41, 5.74) is 1.60. The standard InChI is InChI=1S/C12H19N5/c1-5-9(6-2)17-8-14-11-12(17)15-10(7-13-11)16(3)4/h7-9H,5-6H2,1-4H3. The third-order valence-electron chi connectivity index (χ3n) is 3.07. The molecule has 5 nitrogen and oxygen atoms in total. The predicted molar refractivity (Wildman–Crippen MR) is 69.3 cm³/mol. The van der Waals surface area contributed by atoms with Crippen LogP contribution in [0, 0.1) is 0 Å². The fourth-order valence-corrected chi connectivity index (χ4v) is 1.96. The minimum absolute atomic E-state index is 0.451. The maximum Gasteiger partial charge on any atom is 0.197 e. The highest BCUT2D eigenvalue weighted by atomic mass is 15.2. The molecule has 0 aliphatic heterocycles. The highest BCUT2D eigenvalue weighted by molar-refractivity contribution is 5.67. The summed E-state index contributed by atoms with van der Waals surface area (Å²) >= 11 is 0. The summed E-state index contributed by atoms with van der Waals surface area (Å²) in [6, 6.07) is 0.451. The Bertz CT molecular complexity index is 499. The Morgan fingerprint density at radius 1 is 1.24 bits per heavy atom. The van der Waals surface area contributed by atoms with Crippen LogP contribution in [0.2, 0.25) is 0 Å². The summed E-state index contributed by atoms with van der Waals surface area (Å²) in [5.74, 6) is 0.866. The molecule has 17 heavy (non-hydrogen) atoms.